The maximum absolute atomic E-state index is 9.97. The molecule has 0 radical (unpaired) electrons. The topological polar surface area (TPSA) is 101 Å². The number of rotatable bonds is 2. The molecule has 0 aromatic heterocycles. The van der Waals surface area contributed by atoms with E-state index in [0.29, 0.717) is 0 Å². The van der Waals surface area contributed by atoms with Gasteiger partial charge in [-0.2, -0.15) is 0 Å². The van der Waals surface area contributed by atoms with E-state index in [1.165, 1.54) is 0 Å². The minimum absolute atomic E-state index is 0.398. The van der Waals surface area contributed by atoms with Crippen LogP contribution in [-0.2, 0) is 25.6 Å². The zero-order valence-corrected chi connectivity index (χ0v) is 5.96. The second-order valence-corrected chi connectivity index (χ2v) is 1.90. The molecule has 0 fully saturated rings. The van der Waals surface area contributed by atoms with E-state index in [9.17, 15) is 13.8 Å². The van der Waals surface area contributed by atoms with Crippen LogP contribution in [-0.4, -0.2) is 38.0 Å². The summed E-state index contributed by atoms with van der Waals surface area (Å²) in [6, 6.07) is 0. The van der Waals surface area contributed by atoms with Gasteiger partial charge in [0.25, 0.3) is 5.05 Å². The van der Waals surface area contributed by atoms with E-state index in [1.807, 2.05) is 0 Å². The summed E-state index contributed by atoms with van der Waals surface area (Å²) in [5.41, 5.74) is 0. The molecule has 0 aliphatic carbocycles. The Morgan fingerprint density at radius 3 is 2.18 bits per heavy atom. The van der Waals surface area contributed by atoms with Crippen molar-refractivity contribution in [3.05, 3.63) is 0 Å². The first kappa shape index (κ1) is 9.79. The molecular formula is C4H4O6S. The maximum atomic E-state index is 9.97. The SMILES string of the molecule is O=S=C(OCC(=O)O)C(=O)O. The van der Waals surface area contributed by atoms with E-state index in [-0.39, 0.29) is 0 Å². The number of hydrogen-bond acceptors (Lipinski definition) is 4. The average molecular weight is 180 g/mol. The lowest BCUT2D eigenvalue weighted by Gasteiger charge is -1.94. The van der Waals surface area contributed by atoms with Crippen molar-refractivity contribution in [2.75, 3.05) is 6.61 Å². The van der Waals surface area contributed by atoms with Crippen molar-refractivity contribution in [3.8, 4) is 0 Å². The third kappa shape index (κ3) is 4.23. The van der Waals surface area contributed by atoms with Crippen LogP contribution in [0.4, 0.5) is 0 Å². The van der Waals surface area contributed by atoms with E-state index < -0.39 is 34.9 Å². The molecule has 0 amide bonds. The normalized spacial score (nSPS) is 8.73. The second kappa shape index (κ2) is 4.58. The molecule has 62 valence electrons. The predicted molar refractivity (Wildman–Crippen MR) is 34.4 cm³/mol. The Bertz CT molecular complexity index is 227. The van der Waals surface area contributed by atoms with Crippen LogP contribution in [0.25, 0.3) is 0 Å². The summed E-state index contributed by atoms with van der Waals surface area (Å²) in [7, 11) is 0. The number of carboxylic acids is 2. The Morgan fingerprint density at radius 2 is 1.91 bits per heavy atom. The molecule has 11 heavy (non-hydrogen) atoms. The molecule has 0 aromatic carbocycles. The van der Waals surface area contributed by atoms with Crippen LogP contribution in [0, 0.1) is 0 Å². The molecule has 7 heteroatoms. The molecule has 0 aromatic rings. The quantitative estimate of drug-likeness (QED) is 0.502. The summed E-state index contributed by atoms with van der Waals surface area (Å²) in [6.45, 7) is -0.823. The molecule has 0 spiro atoms. The van der Waals surface area contributed by atoms with Crippen molar-refractivity contribution >= 4 is 28.2 Å². The van der Waals surface area contributed by atoms with Gasteiger partial charge in [-0.05, 0) is 0 Å². The molecule has 0 bridgehead atoms. The van der Waals surface area contributed by atoms with Gasteiger partial charge in [-0.3, -0.25) is 0 Å². The zero-order valence-electron chi connectivity index (χ0n) is 5.14. The molecule has 0 atom stereocenters. The Labute approximate surface area is 64.5 Å². The average Bonchev–Trinajstić information content (AvgIpc) is 1.87. The van der Waals surface area contributed by atoms with Gasteiger partial charge in [-0.15, -0.1) is 0 Å². The number of aliphatic carboxylic acids is 2. The zero-order chi connectivity index (χ0) is 8.85. The van der Waals surface area contributed by atoms with Gasteiger partial charge in [0.15, 0.2) is 6.61 Å². The van der Waals surface area contributed by atoms with Gasteiger partial charge < -0.3 is 14.9 Å². The Morgan fingerprint density at radius 1 is 1.36 bits per heavy atom. The first-order valence-electron chi connectivity index (χ1n) is 2.32. The molecule has 0 saturated carbocycles. The summed E-state index contributed by atoms with van der Waals surface area (Å²) in [6.07, 6.45) is 0. The van der Waals surface area contributed by atoms with Gasteiger partial charge in [-0.25, -0.2) is 13.8 Å². The van der Waals surface area contributed by atoms with Crippen molar-refractivity contribution in [2.45, 2.75) is 0 Å². The Balaban J connectivity index is 4.03. The monoisotopic (exact) mass is 180 g/mol. The number of ether oxygens (including phenoxy) is 1. The van der Waals surface area contributed by atoms with Crippen LogP contribution >= 0.6 is 0 Å². The van der Waals surface area contributed by atoms with Crippen molar-refractivity contribution < 1.29 is 28.7 Å². The third-order valence-corrected chi connectivity index (χ3v) is 1.02. The van der Waals surface area contributed by atoms with E-state index >= 15 is 0 Å². The largest absolute Gasteiger partial charge is 0.480 e. The second-order valence-electron chi connectivity index (χ2n) is 1.36. The van der Waals surface area contributed by atoms with Crippen LogP contribution in [0.3, 0.4) is 0 Å². The van der Waals surface area contributed by atoms with Crippen LogP contribution in [0.5, 0.6) is 0 Å². The molecule has 0 heterocycles. The minimum atomic E-state index is -1.56. The molecule has 0 aliphatic heterocycles. The fourth-order valence-corrected chi connectivity index (χ4v) is 0.427. The highest BCUT2D eigenvalue weighted by Crippen LogP contribution is 1.78. The minimum Gasteiger partial charge on any atom is -0.480 e. The van der Waals surface area contributed by atoms with Crippen LogP contribution < -0.4 is 0 Å². The third-order valence-electron chi connectivity index (χ3n) is 0.577. The Kier molecular flexibility index (Phi) is 4.08. The highest BCUT2D eigenvalue weighted by molar-refractivity contribution is 7.68. The molecule has 2 N–H and O–H groups in total. The van der Waals surface area contributed by atoms with Crippen LogP contribution in [0.1, 0.15) is 0 Å². The van der Waals surface area contributed by atoms with Crippen molar-refractivity contribution in [1.29, 1.82) is 0 Å². The van der Waals surface area contributed by atoms with E-state index in [4.69, 9.17) is 10.2 Å². The Hall–Kier alpha value is -1.21. The van der Waals surface area contributed by atoms with Crippen molar-refractivity contribution in [2.24, 2.45) is 0 Å². The summed E-state index contributed by atoms with van der Waals surface area (Å²) in [4.78, 5) is 19.8. The number of hydrogen-bond donors (Lipinski definition) is 2. The number of carbonyl (C=O) groups is 2. The van der Waals surface area contributed by atoms with Gasteiger partial charge in [0, 0.05) is 0 Å². The molecule has 0 unspecified atom stereocenters. The predicted octanol–water partition coefficient (Wildman–Crippen LogP) is -1.48. The van der Waals surface area contributed by atoms with Gasteiger partial charge in [0.05, 0.1) is 0 Å². The van der Waals surface area contributed by atoms with E-state index in [0.717, 1.165) is 0 Å². The van der Waals surface area contributed by atoms with E-state index in [2.05, 4.69) is 4.74 Å². The fraction of sp³-hybridized carbons (Fsp3) is 0.250. The maximum Gasteiger partial charge on any atom is 0.373 e. The summed E-state index contributed by atoms with van der Waals surface area (Å²) in [5, 5.41) is 15.2. The lowest BCUT2D eigenvalue weighted by atomic mass is 10.7. The van der Waals surface area contributed by atoms with Gasteiger partial charge >= 0.3 is 11.9 Å². The highest BCUT2D eigenvalue weighted by Gasteiger charge is 2.10. The number of carboxylic acid groups (broad SMARTS) is 2. The van der Waals surface area contributed by atoms with Gasteiger partial charge in [-0.1, -0.05) is 0 Å². The standard InChI is InChI=1S/C4H4O6S/c5-2(6)1-10-4(11-9)3(7)8/h1H2,(H,5,6)(H,7,8). The summed E-state index contributed by atoms with van der Waals surface area (Å²) in [5.74, 6) is -2.90. The van der Waals surface area contributed by atoms with Crippen molar-refractivity contribution in [1.82, 2.24) is 0 Å². The van der Waals surface area contributed by atoms with E-state index in [1.54, 1.807) is 0 Å². The van der Waals surface area contributed by atoms with Crippen LogP contribution in [0.2, 0.25) is 0 Å². The van der Waals surface area contributed by atoms with Gasteiger partial charge in [0.1, 0.15) is 11.3 Å². The molecule has 0 aliphatic rings. The highest BCUT2D eigenvalue weighted by atomic mass is 32.1. The van der Waals surface area contributed by atoms with Crippen molar-refractivity contribution in [3.63, 3.8) is 0 Å². The lowest BCUT2D eigenvalue weighted by Crippen LogP contribution is -2.20. The first-order valence-corrected chi connectivity index (χ1v) is 3.06. The summed E-state index contributed by atoms with van der Waals surface area (Å²) >= 11 is -0.398. The molecule has 6 nitrogen and oxygen atoms in total. The smallest absolute Gasteiger partial charge is 0.373 e. The molecule has 0 saturated heterocycles. The fourth-order valence-electron chi connectivity index (χ4n) is 0.249. The first-order chi connectivity index (χ1) is 5.07. The molecule has 0 rings (SSSR count). The summed E-state index contributed by atoms with van der Waals surface area (Å²) < 4.78 is 13.9. The van der Waals surface area contributed by atoms with Gasteiger partial charge in [0.2, 0.25) is 0 Å². The van der Waals surface area contributed by atoms with Crippen LogP contribution in [0.15, 0.2) is 0 Å². The lowest BCUT2D eigenvalue weighted by molar-refractivity contribution is -0.140. The molecular weight excluding hydrogens is 176 g/mol.